The summed E-state index contributed by atoms with van der Waals surface area (Å²) in [7, 11) is 0. The molecule has 2 rings (SSSR count). The van der Waals surface area contributed by atoms with Crippen LogP contribution in [0.3, 0.4) is 0 Å². The number of thioether (sulfide) groups is 1. The zero-order valence-electron chi connectivity index (χ0n) is 14.8. The van der Waals surface area contributed by atoms with Gasteiger partial charge in [-0.1, -0.05) is 29.5 Å². The predicted octanol–water partition coefficient (Wildman–Crippen LogP) is 1.53. The molecule has 2 amide bonds. The quantitative estimate of drug-likeness (QED) is 0.447. The van der Waals surface area contributed by atoms with Gasteiger partial charge in [-0.2, -0.15) is 0 Å². The van der Waals surface area contributed by atoms with Crippen LogP contribution in [0.5, 0.6) is 0 Å². The Morgan fingerprint density at radius 3 is 2.50 bits per heavy atom. The van der Waals surface area contributed by atoms with Gasteiger partial charge in [-0.25, -0.2) is 4.98 Å². The van der Waals surface area contributed by atoms with E-state index in [2.05, 4.69) is 20.6 Å². The van der Waals surface area contributed by atoms with Gasteiger partial charge in [0.1, 0.15) is 5.69 Å². The van der Waals surface area contributed by atoms with Gasteiger partial charge in [-0.05, 0) is 32.9 Å². The van der Waals surface area contributed by atoms with Gasteiger partial charge in [0, 0.05) is 11.6 Å². The summed E-state index contributed by atoms with van der Waals surface area (Å²) in [5.41, 5.74) is 6.52. The van der Waals surface area contributed by atoms with Gasteiger partial charge >= 0.3 is 0 Å². The molecule has 0 radical (unpaired) electrons. The summed E-state index contributed by atoms with van der Waals surface area (Å²) in [5, 5.41) is 5.42. The number of anilines is 2. The molecular formula is C17H21N5O3S. The van der Waals surface area contributed by atoms with E-state index in [1.165, 1.54) is 0 Å². The van der Waals surface area contributed by atoms with Gasteiger partial charge in [0.25, 0.3) is 11.5 Å². The third-order valence-electron chi connectivity index (χ3n) is 3.27. The molecule has 138 valence electrons. The number of carbonyl (C=O) groups is 2. The third kappa shape index (κ3) is 5.35. The Hall–Kier alpha value is -2.81. The van der Waals surface area contributed by atoms with Crippen molar-refractivity contribution in [2.75, 3.05) is 16.8 Å². The molecule has 0 spiro atoms. The third-order valence-corrected chi connectivity index (χ3v) is 4.14. The Bertz CT molecular complexity index is 862. The zero-order valence-corrected chi connectivity index (χ0v) is 15.6. The van der Waals surface area contributed by atoms with Crippen LogP contribution in [0.15, 0.2) is 34.2 Å². The number of hydrogen-bond donors (Lipinski definition) is 4. The maximum absolute atomic E-state index is 12.2. The SMILES string of the molecule is Cc1ccc(C(=O)Nc2c(N)nc(SCC(=O)NC(C)C)[nH]c2=O)cc1. The number of aryl methyl sites for hydroxylation is 1. The van der Waals surface area contributed by atoms with E-state index < -0.39 is 11.5 Å². The Labute approximate surface area is 155 Å². The van der Waals surface area contributed by atoms with Crippen LogP contribution < -0.4 is 21.9 Å². The maximum atomic E-state index is 12.2. The van der Waals surface area contributed by atoms with E-state index in [9.17, 15) is 14.4 Å². The number of nitrogens with two attached hydrogens (primary N) is 1. The zero-order chi connectivity index (χ0) is 19.3. The van der Waals surface area contributed by atoms with E-state index in [0.29, 0.717) is 5.56 Å². The Morgan fingerprint density at radius 1 is 1.27 bits per heavy atom. The second kappa shape index (κ2) is 8.52. The van der Waals surface area contributed by atoms with Gasteiger partial charge in [-0.3, -0.25) is 19.4 Å². The molecule has 9 heteroatoms. The minimum Gasteiger partial charge on any atom is -0.382 e. The molecule has 1 aromatic carbocycles. The van der Waals surface area contributed by atoms with Gasteiger partial charge in [0.2, 0.25) is 5.91 Å². The van der Waals surface area contributed by atoms with E-state index in [1.807, 2.05) is 20.8 Å². The molecule has 8 nitrogen and oxygen atoms in total. The van der Waals surface area contributed by atoms with Crippen molar-refractivity contribution >= 4 is 35.1 Å². The highest BCUT2D eigenvalue weighted by Crippen LogP contribution is 2.17. The molecule has 1 aromatic heterocycles. The number of aromatic nitrogens is 2. The Balaban J connectivity index is 2.09. The van der Waals surface area contributed by atoms with Crippen molar-refractivity contribution in [3.63, 3.8) is 0 Å². The van der Waals surface area contributed by atoms with Crippen LogP contribution in [0, 0.1) is 6.92 Å². The largest absolute Gasteiger partial charge is 0.382 e. The number of hydrogen-bond acceptors (Lipinski definition) is 6. The lowest BCUT2D eigenvalue weighted by Crippen LogP contribution is -2.31. The molecule has 0 bridgehead atoms. The number of H-pyrrole nitrogens is 1. The number of nitrogens with zero attached hydrogens (tertiary/aromatic N) is 1. The molecular weight excluding hydrogens is 354 g/mol. The summed E-state index contributed by atoms with van der Waals surface area (Å²) >= 11 is 1.05. The number of amides is 2. The molecule has 1 heterocycles. The number of nitrogen functional groups attached to an aromatic ring is 1. The highest BCUT2D eigenvalue weighted by molar-refractivity contribution is 7.99. The summed E-state index contributed by atoms with van der Waals surface area (Å²) < 4.78 is 0. The minimum absolute atomic E-state index is 0.0274. The Morgan fingerprint density at radius 2 is 1.92 bits per heavy atom. The lowest BCUT2D eigenvalue weighted by atomic mass is 10.1. The second-order valence-electron chi connectivity index (χ2n) is 5.96. The lowest BCUT2D eigenvalue weighted by molar-refractivity contribution is -0.119. The van der Waals surface area contributed by atoms with Crippen LogP contribution in [0.2, 0.25) is 0 Å². The monoisotopic (exact) mass is 375 g/mol. The van der Waals surface area contributed by atoms with Crippen LogP contribution in [-0.2, 0) is 4.79 Å². The van der Waals surface area contributed by atoms with Crippen LogP contribution in [0.1, 0.15) is 29.8 Å². The smallest absolute Gasteiger partial charge is 0.277 e. The van der Waals surface area contributed by atoms with Crippen molar-refractivity contribution in [2.45, 2.75) is 32.0 Å². The van der Waals surface area contributed by atoms with Crippen molar-refractivity contribution in [3.8, 4) is 0 Å². The molecule has 0 aliphatic rings. The normalized spacial score (nSPS) is 10.6. The lowest BCUT2D eigenvalue weighted by Gasteiger charge is -2.10. The molecule has 0 unspecified atom stereocenters. The summed E-state index contributed by atoms with van der Waals surface area (Å²) in [4.78, 5) is 42.6. The van der Waals surface area contributed by atoms with Crippen LogP contribution in [-0.4, -0.2) is 33.6 Å². The number of nitrogens with one attached hydrogen (secondary N) is 3. The van der Waals surface area contributed by atoms with Crippen LogP contribution in [0.4, 0.5) is 11.5 Å². The van der Waals surface area contributed by atoms with Crippen molar-refractivity contribution in [2.24, 2.45) is 0 Å². The fourth-order valence-electron chi connectivity index (χ4n) is 2.05. The van der Waals surface area contributed by atoms with E-state index >= 15 is 0 Å². The first kappa shape index (κ1) is 19.5. The molecule has 0 aliphatic carbocycles. The van der Waals surface area contributed by atoms with Crippen molar-refractivity contribution in [1.82, 2.24) is 15.3 Å². The molecule has 0 saturated carbocycles. The highest BCUT2D eigenvalue weighted by Gasteiger charge is 2.14. The van der Waals surface area contributed by atoms with Crippen molar-refractivity contribution < 1.29 is 9.59 Å². The first-order valence-corrected chi connectivity index (χ1v) is 8.94. The average molecular weight is 375 g/mol. The fraction of sp³-hybridized carbons (Fsp3) is 0.294. The van der Waals surface area contributed by atoms with Crippen molar-refractivity contribution in [3.05, 3.63) is 45.7 Å². The van der Waals surface area contributed by atoms with Gasteiger partial charge in [0.15, 0.2) is 11.0 Å². The molecule has 0 fully saturated rings. The first-order chi connectivity index (χ1) is 12.3. The number of carbonyl (C=O) groups excluding carboxylic acids is 2. The van der Waals surface area contributed by atoms with Gasteiger partial charge in [0.05, 0.1) is 5.75 Å². The summed E-state index contributed by atoms with van der Waals surface area (Å²) in [6, 6.07) is 6.92. The predicted molar refractivity (Wildman–Crippen MR) is 102 cm³/mol. The summed E-state index contributed by atoms with van der Waals surface area (Å²) in [6.07, 6.45) is 0. The molecule has 0 saturated heterocycles. The van der Waals surface area contributed by atoms with Gasteiger partial charge < -0.3 is 16.4 Å². The van der Waals surface area contributed by atoms with Crippen LogP contribution >= 0.6 is 11.8 Å². The van der Waals surface area contributed by atoms with Gasteiger partial charge in [-0.15, -0.1) is 0 Å². The molecule has 2 aromatic rings. The van der Waals surface area contributed by atoms with Crippen molar-refractivity contribution in [1.29, 1.82) is 0 Å². The van der Waals surface area contributed by atoms with E-state index in [0.717, 1.165) is 17.3 Å². The second-order valence-corrected chi connectivity index (χ2v) is 6.93. The maximum Gasteiger partial charge on any atom is 0.277 e. The number of aromatic amines is 1. The number of rotatable bonds is 6. The molecule has 26 heavy (non-hydrogen) atoms. The topological polar surface area (TPSA) is 130 Å². The number of benzene rings is 1. The summed E-state index contributed by atoms with van der Waals surface area (Å²) in [6.45, 7) is 5.62. The van der Waals surface area contributed by atoms with E-state index in [-0.39, 0.29) is 34.4 Å². The standard InChI is InChI=1S/C17H21N5O3S/c1-9(2)19-12(23)8-26-17-21-14(18)13(16(25)22-17)20-15(24)11-6-4-10(3)5-7-11/h4-7,9H,8H2,1-3H3,(H,19,23)(H,20,24)(H3,18,21,22,25). The average Bonchev–Trinajstić information content (AvgIpc) is 2.56. The van der Waals surface area contributed by atoms with E-state index in [4.69, 9.17) is 5.73 Å². The Kier molecular flexibility index (Phi) is 6.40. The molecule has 0 aliphatic heterocycles. The minimum atomic E-state index is -0.579. The fourth-order valence-corrected chi connectivity index (χ4v) is 2.73. The highest BCUT2D eigenvalue weighted by atomic mass is 32.2. The van der Waals surface area contributed by atoms with Crippen LogP contribution in [0.25, 0.3) is 0 Å². The van der Waals surface area contributed by atoms with E-state index in [1.54, 1.807) is 24.3 Å². The first-order valence-electron chi connectivity index (χ1n) is 7.96. The summed E-state index contributed by atoms with van der Waals surface area (Å²) in [5.74, 6) is -0.653. The molecule has 0 atom stereocenters. The molecule has 5 N–H and O–H groups in total.